The molecule has 0 amide bonds. The number of sulfonamides is 1. The van der Waals surface area contributed by atoms with Crippen molar-refractivity contribution in [3.63, 3.8) is 0 Å². The van der Waals surface area contributed by atoms with Crippen LogP contribution in [0.3, 0.4) is 0 Å². The van der Waals surface area contributed by atoms with Crippen LogP contribution < -0.4 is 0 Å². The summed E-state index contributed by atoms with van der Waals surface area (Å²) in [4.78, 5) is 5.37. The Hall–Kier alpha value is -0.760. The van der Waals surface area contributed by atoms with Crippen molar-refractivity contribution in [2.75, 3.05) is 7.05 Å². The van der Waals surface area contributed by atoms with Crippen molar-refractivity contribution >= 4 is 37.3 Å². The van der Waals surface area contributed by atoms with Crippen molar-refractivity contribution in [2.45, 2.75) is 18.4 Å². The Morgan fingerprint density at radius 1 is 1.42 bits per heavy atom. The van der Waals surface area contributed by atoms with E-state index < -0.39 is 10.0 Å². The minimum Gasteiger partial charge on any atom is -0.250 e. The molecule has 7 heteroatoms. The van der Waals surface area contributed by atoms with E-state index >= 15 is 0 Å². The van der Waals surface area contributed by atoms with E-state index in [2.05, 4.69) is 20.9 Å². The van der Waals surface area contributed by atoms with Crippen LogP contribution in [0.25, 0.3) is 0 Å². The maximum absolute atomic E-state index is 12.4. The van der Waals surface area contributed by atoms with Crippen molar-refractivity contribution < 1.29 is 8.42 Å². The van der Waals surface area contributed by atoms with Crippen molar-refractivity contribution in [3.05, 3.63) is 44.8 Å². The summed E-state index contributed by atoms with van der Waals surface area (Å²) in [5.74, 6) is 0. The van der Waals surface area contributed by atoms with Crippen molar-refractivity contribution in [1.29, 1.82) is 0 Å². The highest BCUT2D eigenvalue weighted by Crippen LogP contribution is 2.22. The molecule has 0 saturated heterocycles. The molecule has 4 nitrogen and oxygen atoms in total. The van der Waals surface area contributed by atoms with Crippen LogP contribution in [0.1, 0.15) is 10.6 Å². The van der Waals surface area contributed by atoms with Gasteiger partial charge in [-0.3, -0.25) is 0 Å². The number of aromatic nitrogens is 1. The van der Waals surface area contributed by atoms with E-state index in [-0.39, 0.29) is 4.90 Å². The predicted octanol–water partition coefficient (Wildman–Crippen LogP) is 3.03. The van der Waals surface area contributed by atoms with Crippen LogP contribution in [0.5, 0.6) is 0 Å². The van der Waals surface area contributed by atoms with Crippen molar-refractivity contribution in [1.82, 2.24) is 9.29 Å². The van der Waals surface area contributed by atoms with E-state index in [4.69, 9.17) is 0 Å². The maximum Gasteiger partial charge on any atom is 0.243 e. The second-order valence-corrected chi connectivity index (χ2v) is 7.98. The molecule has 0 unspecified atom stereocenters. The molecule has 1 aromatic heterocycles. The molecule has 0 radical (unpaired) electrons. The number of benzene rings is 1. The zero-order chi connectivity index (χ0) is 14.0. The summed E-state index contributed by atoms with van der Waals surface area (Å²) in [6.45, 7) is 2.22. The molecule has 0 fully saturated rings. The van der Waals surface area contributed by atoms with Crippen LogP contribution in [-0.2, 0) is 16.6 Å². The van der Waals surface area contributed by atoms with Gasteiger partial charge in [0.2, 0.25) is 10.0 Å². The van der Waals surface area contributed by atoms with Gasteiger partial charge in [-0.1, -0.05) is 22.0 Å². The Bertz CT molecular complexity index is 683. The average molecular weight is 361 g/mol. The molecule has 0 aliphatic rings. The quantitative estimate of drug-likeness (QED) is 0.841. The van der Waals surface area contributed by atoms with Crippen molar-refractivity contribution in [2.24, 2.45) is 0 Å². The van der Waals surface area contributed by atoms with Gasteiger partial charge in [0.25, 0.3) is 0 Å². The van der Waals surface area contributed by atoms with Gasteiger partial charge in [-0.05, 0) is 25.1 Å². The predicted molar refractivity (Wildman–Crippen MR) is 79.6 cm³/mol. The van der Waals surface area contributed by atoms with Crippen LogP contribution in [0.4, 0.5) is 0 Å². The van der Waals surface area contributed by atoms with Gasteiger partial charge >= 0.3 is 0 Å². The van der Waals surface area contributed by atoms with Gasteiger partial charge in [-0.15, -0.1) is 11.3 Å². The van der Waals surface area contributed by atoms with Crippen LogP contribution in [0, 0.1) is 6.92 Å². The summed E-state index contributed by atoms with van der Waals surface area (Å²) in [5, 5.41) is 0. The molecule has 0 N–H and O–H groups in total. The monoisotopic (exact) mass is 360 g/mol. The summed E-state index contributed by atoms with van der Waals surface area (Å²) in [6, 6.07) is 6.70. The third kappa shape index (κ3) is 3.22. The second kappa shape index (κ2) is 5.70. The van der Waals surface area contributed by atoms with E-state index in [0.717, 1.165) is 15.0 Å². The Labute approximate surface area is 125 Å². The first-order chi connectivity index (χ1) is 8.91. The molecule has 1 heterocycles. The van der Waals surface area contributed by atoms with E-state index in [0.29, 0.717) is 6.54 Å². The zero-order valence-electron chi connectivity index (χ0n) is 10.5. The van der Waals surface area contributed by atoms with E-state index in [1.165, 1.54) is 15.6 Å². The van der Waals surface area contributed by atoms with Crippen LogP contribution in [-0.4, -0.2) is 24.8 Å². The molecule has 19 heavy (non-hydrogen) atoms. The highest BCUT2D eigenvalue weighted by molar-refractivity contribution is 9.10. The molecule has 0 spiro atoms. The van der Waals surface area contributed by atoms with Gasteiger partial charge < -0.3 is 0 Å². The largest absolute Gasteiger partial charge is 0.250 e. The van der Waals surface area contributed by atoms with Gasteiger partial charge in [-0.25, -0.2) is 13.4 Å². The standard InChI is InChI=1S/C12H13BrN2O2S2/c1-9-12(18-8-14-9)7-15(2)19(16,17)11-5-3-4-10(13)6-11/h3-6,8H,7H2,1-2H3. The van der Waals surface area contributed by atoms with Gasteiger partial charge in [0, 0.05) is 22.9 Å². The lowest BCUT2D eigenvalue weighted by Crippen LogP contribution is -2.26. The summed E-state index contributed by atoms with van der Waals surface area (Å²) < 4.78 is 26.9. The fourth-order valence-corrected chi connectivity index (χ4v) is 4.22. The lowest BCUT2D eigenvalue weighted by molar-refractivity contribution is 0.468. The third-order valence-electron chi connectivity index (χ3n) is 2.72. The number of hydrogen-bond donors (Lipinski definition) is 0. The normalized spacial score (nSPS) is 12.0. The molecular weight excluding hydrogens is 348 g/mol. The van der Waals surface area contributed by atoms with Crippen LogP contribution in [0.15, 0.2) is 39.1 Å². The van der Waals surface area contributed by atoms with Gasteiger partial charge in [0.1, 0.15) is 0 Å². The smallest absolute Gasteiger partial charge is 0.243 e. The fraction of sp³-hybridized carbons (Fsp3) is 0.250. The first kappa shape index (κ1) is 14.6. The van der Waals surface area contributed by atoms with Gasteiger partial charge in [0.05, 0.1) is 16.1 Å². The molecule has 2 aromatic rings. The minimum absolute atomic E-state index is 0.284. The second-order valence-electron chi connectivity index (χ2n) is 4.08. The molecule has 0 saturated carbocycles. The van der Waals surface area contributed by atoms with Crippen LogP contribution in [0.2, 0.25) is 0 Å². The molecule has 2 rings (SSSR count). The Morgan fingerprint density at radius 3 is 2.74 bits per heavy atom. The maximum atomic E-state index is 12.4. The van der Waals surface area contributed by atoms with Crippen LogP contribution >= 0.6 is 27.3 Å². The highest BCUT2D eigenvalue weighted by atomic mass is 79.9. The lowest BCUT2D eigenvalue weighted by Gasteiger charge is -2.16. The Kier molecular flexibility index (Phi) is 4.39. The molecular formula is C12H13BrN2O2S2. The molecule has 0 aliphatic heterocycles. The highest BCUT2D eigenvalue weighted by Gasteiger charge is 2.22. The Morgan fingerprint density at radius 2 is 2.16 bits per heavy atom. The van der Waals surface area contributed by atoms with E-state index in [1.807, 2.05) is 6.92 Å². The number of aryl methyl sites for hydroxylation is 1. The van der Waals surface area contributed by atoms with Gasteiger partial charge in [0.15, 0.2) is 0 Å². The van der Waals surface area contributed by atoms with Gasteiger partial charge in [-0.2, -0.15) is 4.31 Å². The number of nitrogens with zero attached hydrogens (tertiary/aromatic N) is 2. The minimum atomic E-state index is -3.47. The zero-order valence-corrected chi connectivity index (χ0v) is 13.7. The first-order valence-corrected chi connectivity index (χ1v) is 8.63. The summed E-state index contributed by atoms with van der Waals surface area (Å²) in [7, 11) is -1.89. The first-order valence-electron chi connectivity index (χ1n) is 5.52. The number of halogens is 1. The molecule has 0 bridgehead atoms. The summed E-state index contributed by atoms with van der Waals surface area (Å²) >= 11 is 4.75. The fourth-order valence-electron chi connectivity index (χ4n) is 1.57. The average Bonchev–Trinajstić information content (AvgIpc) is 2.75. The van der Waals surface area contributed by atoms with E-state index in [9.17, 15) is 8.42 Å². The Balaban J connectivity index is 2.27. The lowest BCUT2D eigenvalue weighted by atomic mass is 10.4. The van der Waals surface area contributed by atoms with E-state index in [1.54, 1.807) is 36.8 Å². The molecule has 1 aromatic carbocycles. The third-order valence-corrected chi connectivity index (χ3v) is 5.93. The number of hydrogen-bond acceptors (Lipinski definition) is 4. The molecule has 0 atom stereocenters. The number of rotatable bonds is 4. The summed E-state index contributed by atoms with van der Waals surface area (Å²) in [5.41, 5.74) is 2.60. The van der Waals surface area contributed by atoms with Crippen molar-refractivity contribution in [3.8, 4) is 0 Å². The topological polar surface area (TPSA) is 50.3 Å². The molecule has 0 aliphatic carbocycles. The summed E-state index contributed by atoms with van der Waals surface area (Å²) in [6.07, 6.45) is 0. The number of thiazole rings is 1. The molecule has 102 valence electrons. The SMILES string of the molecule is Cc1ncsc1CN(C)S(=O)(=O)c1cccc(Br)c1.